The van der Waals surface area contributed by atoms with Crippen molar-refractivity contribution in [2.75, 3.05) is 10.6 Å². The maximum absolute atomic E-state index is 5.27. The average molecular weight is 321 g/mol. The van der Waals surface area contributed by atoms with Gasteiger partial charge in [0.2, 0.25) is 0 Å². The molecule has 2 rings (SSSR count). The van der Waals surface area contributed by atoms with Gasteiger partial charge < -0.3 is 10.6 Å². The minimum atomic E-state index is 0.575. The van der Waals surface area contributed by atoms with Gasteiger partial charge in [-0.1, -0.05) is 24.3 Å². The quantitative estimate of drug-likeness (QED) is 0.793. The Morgan fingerprint density at radius 3 is 2.44 bits per heavy atom. The van der Waals surface area contributed by atoms with E-state index >= 15 is 0 Å². The minimum Gasteiger partial charge on any atom is -0.332 e. The number of rotatable bonds is 2. The van der Waals surface area contributed by atoms with Crippen LogP contribution in [-0.2, 0) is 0 Å². The lowest BCUT2D eigenvalue weighted by atomic mass is 10.2. The highest BCUT2D eigenvalue weighted by Crippen LogP contribution is 2.23. The number of nitrogens with one attached hydrogen (secondary N) is 2. The average Bonchev–Trinajstić information content (AvgIpc) is 2.34. The zero-order valence-electron chi connectivity index (χ0n) is 9.91. The summed E-state index contributed by atoms with van der Waals surface area (Å²) in [6.07, 6.45) is 0. The zero-order chi connectivity index (χ0) is 13.0. The molecule has 0 aromatic heterocycles. The second-order valence-corrected chi connectivity index (χ2v) is 5.19. The van der Waals surface area contributed by atoms with Crippen LogP contribution < -0.4 is 10.6 Å². The molecule has 18 heavy (non-hydrogen) atoms. The summed E-state index contributed by atoms with van der Waals surface area (Å²) in [5, 5.41) is 6.87. The van der Waals surface area contributed by atoms with Crippen LogP contribution in [0.1, 0.15) is 5.56 Å². The molecule has 2 aromatic carbocycles. The van der Waals surface area contributed by atoms with E-state index in [9.17, 15) is 0 Å². The molecule has 0 unspecified atom stereocenters. The van der Waals surface area contributed by atoms with Crippen molar-refractivity contribution in [3.63, 3.8) is 0 Å². The first-order valence-corrected chi connectivity index (χ1v) is 6.74. The highest BCUT2D eigenvalue weighted by Gasteiger charge is 2.02. The topological polar surface area (TPSA) is 24.1 Å². The number of aryl methyl sites for hydroxylation is 1. The molecule has 0 saturated heterocycles. The summed E-state index contributed by atoms with van der Waals surface area (Å²) in [7, 11) is 0. The van der Waals surface area contributed by atoms with Gasteiger partial charge >= 0.3 is 0 Å². The van der Waals surface area contributed by atoms with Crippen LogP contribution in [0.5, 0.6) is 0 Å². The number of para-hydroxylation sites is 1. The number of hydrogen-bond acceptors (Lipinski definition) is 1. The lowest BCUT2D eigenvalue weighted by molar-refractivity contribution is 1.44. The SMILES string of the molecule is Cc1ccc(NC(=S)Nc2ccccc2)c(Br)c1. The fourth-order valence-electron chi connectivity index (χ4n) is 1.53. The Hall–Kier alpha value is -1.39. The van der Waals surface area contributed by atoms with Gasteiger partial charge in [0.15, 0.2) is 5.11 Å². The van der Waals surface area contributed by atoms with E-state index in [1.165, 1.54) is 5.56 Å². The molecular formula is C14H13BrN2S. The molecule has 0 aliphatic heterocycles. The number of thiocarbonyl (C=S) groups is 1. The van der Waals surface area contributed by atoms with E-state index in [1.807, 2.05) is 48.5 Å². The maximum Gasteiger partial charge on any atom is 0.175 e. The summed E-state index contributed by atoms with van der Waals surface area (Å²) in [6.45, 7) is 2.05. The van der Waals surface area contributed by atoms with Crippen molar-refractivity contribution in [1.29, 1.82) is 0 Å². The van der Waals surface area contributed by atoms with Crippen molar-refractivity contribution >= 4 is 44.6 Å². The Labute approximate surface area is 121 Å². The first-order valence-electron chi connectivity index (χ1n) is 5.54. The zero-order valence-corrected chi connectivity index (χ0v) is 12.3. The number of halogens is 1. The number of hydrogen-bond donors (Lipinski definition) is 2. The van der Waals surface area contributed by atoms with Crippen LogP contribution >= 0.6 is 28.1 Å². The second kappa shape index (κ2) is 5.98. The summed E-state index contributed by atoms with van der Waals surface area (Å²) in [4.78, 5) is 0. The van der Waals surface area contributed by atoms with Crippen LogP contribution in [0.15, 0.2) is 53.0 Å². The third-order valence-electron chi connectivity index (χ3n) is 2.40. The fourth-order valence-corrected chi connectivity index (χ4v) is 2.35. The van der Waals surface area contributed by atoms with Crippen molar-refractivity contribution in [1.82, 2.24) is 0 Å². The fraction of sp³-hybridized carbons (Fsp3) is 0.0714. The van der Waals surface area contributed by atoms with E-state index in [2.05, 4.69) is 33.5 Å². The van der Waals surface area contributed by atoms with Gasteiger partial charge in [0.1, 0.15) is 0 Å². The van der Waals surface area contributed by atoms with Gasteiger partial charge in [-0.3, -0.25) is 0 Å². The Bertz CT molecular complexity index is 555. The first kappa shape index (κ1) is 13.1. The summed E-state index contributed by atoms with van der Waals surface area (Å²) in [5.74, 6) is 0. The lowest BCUT2D eigenvalue weighted by Gasteiger charge is -2.12. The largest absolute Gasteiger partial charge is 0.332 e. The van der Waals surface area contributed by atoms with Gasteiger partial charge in [-0.2, -0.15) is 0 Å². The molecule has 0 saturated carbocycles. The predicted octanol–water partition coefficient (Wildman–Crippen LogP) is 4.57. The van der Waals surface area contributed by atoms with Gasteiger partial charge in [0.05, 0.1) is 5.69 Å². The molecule has 2 N–H and O–H groups in total. The van der Waals surface area contributed by atoms with Crippen LogP contribution in [0.3, 0.4) is 0 Å². The predicted molar refractivity (Wildman–Crippen MR) is 85.2 cm³/mol. The molecule has 0 bridgehead atoms. The second-order valence-electron chi connectivity index (χ2n) is 3.93. The molecule has 0 spiro atoms. The Balaban J connectivity index is 2.03. The molecule has 0 aliphatic carbocycles. The van der Waals surface area contributed by atoms with E-state index in [1.54, 1.807) is 0 Å². The molecule has 92 valence electrons. The molecule has 4 heteroatoms. The van der Waals surface area contributed by atoms with Gasteiger partial charge in [0.25, 0.3) is 0 Å². The number of benzene rings is 2. The van der Waals surface area contributed by atoms with Crippen LogP contribution in [0.25, 0.3) is 0 Å². The molecular weight excluding hydrogens is 308 g/mol. The van der Waals surface area contributed by atoms with Gasteiger partial charge in [0, 0.05) is 10.2 Å². The van der Waals surface area contributed by atoms with E-state index in [4.69, 9.17) is 12.2 Å². The molecule has 0 aliphatic rings. The minimum absolute atomic E-state index is 0.575. The van der Waals surface area contributed by atoms with Gasteiger partial charge in [-0.05, 0) is 64.9 Å². The van der Waals surface area contributed by atoms with Crippen LogP contribution in [-0.4, -0.2) is 5.11 Å². The summed E-state index contributed by atoms with van der Waals surface area (Å²) < 4.78 is 1.000. The summed E-state index contributed by atoms with van der Waals surface area (Å²) in [5.41, 5.74) is 3.13. The van der Waals surface area contributed by atoms with E-state index in [0.717, 1.165) is 15.8 Å². The summed E-state index contributed by atoms with van der Waals surface area (Å²) >= 11 is 8.78. The normalized spacial score (nSPS) is 9.89. The maximum atomic E-state index is 5.27. The van der Waals surface area contributed by atoms with Crippen LogP contribution in [0, 0.1) is 6.92 Å². The lowest BCUT2D eigenvalue weighted by Crippen LogP contribution is -2.19. The van der Waals surface area contributed by atoms with E-state index in [-0.39, 0.29) is 0 Å². The Morgan fingerprint density at radius 1 is 1.06 bits per heavy atom. The van der Waals surface area contributed by atoms with Crippen LogP contribution in [0.2, 0.25) is 0 Å². The van der Waals surface area contributed by atoms with E-state index < -0.39 is 0 Å². The Kier molecular flexibility index (Phi) is 4.33. The molecule has 0 amide bonds. The van der Waals surface area contributed by atoms with Crippen molar-refractivity contribution in [3.8, 4) is 0 Å². The molecule has 0 radical (unpaired) electrons. The van der Waals surface area contributed by atoms with Crippen molar-refractivity contribution in [2.45, 2.75) is 6.92 Å². The highest BCUT2D eigenvalue weighted by molar-refractivity contribution is 9.10. The van der Waals surface area contributed by atoms with Crippen molar-refractivity contribution in [2.24, 2.45) is 0 Å². The third-order valence-corrected chi connectivity index (χ3v) is 3.26. The van der Waals surface area contributed by atoms with Crippen LogP contribution in [0.4, 0.5) is 11.4 Å². The molecule has 2 aromatic rings. The van der Waals surface area contributed by atoms with Crippen molar-refractivity contribution < 1.29 is 0 Å². The summed E-state index contributed by atoms with van der Waals surface area (Å²) in [6, 6.07) is 15.9. The van der Waals surface area contributed by atoms with Gasteiger partial charge in [-0.25, -0.2) is 0 Å². The molecule has 2 nitrogen and oxygen atoms in total. The Morgan fingerprint density at radius 2 is 1.78 bits per heavy atom. The molecule has 0 heterocycles. The van der Waals surface area contributed by atoms with Crippen molar-refractivity contribution in [3.05, 3.63) is 58.6 Å². The van der Waals surface area contributed by atoms with E-state index in [0.29, 0.717) is 5.11 Å². The smallest absolute Gasteiger partial charge is 0.175 e. The molecule has 0 atom stereocenters. The number of anilines is 2. The molecule has 0 fully saturated rings. The first-order chi connectivity index (χ1) is 8.65. The highest BCUT2D eigenvalue weighted by atomic mass is 79.9. The third kappa shape index (κ3) is 3.55. The van der Waals surface area contributed by atoms with Gasteiger partial charge in [-0.15, -0.1) is 0 Å². The standard InChI is InChI=1S/C14H13BrN2S/c1-10-7-8-13(12(15)9-10)17-14(18)16-11-5-3-2-4-6-11/h2-9H,1H3,(H2,16,17,18). The monoisotopic (exact) mass is 320 g/mol.